The second-order valence-corrected chi connectivity index (χ2v) is 6.35. The highest BCUT2D eigenvalue weighted by Crippen LogP contribution is 2.31. The Balaban J connectivity index is 1.72. The first-order chi connectivity index (χ1) is 10.7. The Kier molecular flexibility index (Phi) is 3.05. The molecule has 0 bridgehead atoms. The van der Waals surface area contributed by atoms with Gasteiger partial charge < -0.3 is 4.42 Å². The monoisotopic (exact) mass is 328 g/mol. The lowest BCUT2D eigenvalue weighted by Gasteiger charge is -2.19. The molecule has 0 aromatic carbocycles. The number of hydrogen-bond donors (Lipinski definition) is 1. The molecule has 1 N–H and O–H groups in total. The van der Waals surface area contributed by atoms with Gasteiger partial charge in [-0.15, -0.1) is 11.3 Å². The molecule has 0 saturated heterocycles. The highest BCUT2D eigenvalue weighted by molar-refractivity contribution is 8.27. The maximum absolute atomic E-state index is 12.2. The van der Waals surface area contributed by atoms with E-state index in [0.29, 0.717) is 16.0 Å². The zero-order valence-electron chi connectivity index (χ0n) is 11.0. The van der Waals surface area contributed by atoms with Crippen LogP contribution < -0.4 is 0 Å². The Morgan fingerprint density at radius 1 is 1.32 bits per heavy atom. The van der Waals surface area contributed by atoms with Crippen molar-refractivity contribution in [2.24, 2.45) is 10.1 Å². The number of carbonyl (C=O) groups excluding carboxylic acids is 1. The molecule has 0 aliphatic carbocycles. The Labute approximate surface area is 133 Å². The summed E-state index contributed by atoms with van der Waals surface area (Å²) in [7, 11) is 0. The molecule has 2 aliphatic heterocycles. The van der Waals surface area contributed by atoms with Gasteiger partial charge in [0, 0.05) is 4.88 Å². The van der Waals surface area contributed by atoms with Crippen LogP contribution in [0, 0.1) is 5.41 Å². The minimum atomic E-state index is -0.423. The van der Waals surface area contributed by atoms with Crippen LogP contribution in [0.25, 0.3) is 6.08 Å². The molecule has 0 spiro atoms. The molecule has 4 heterocycles. The molecule has 2 aromatic rings. The smallest absolute Gasteiger partial charge is 0.283 e. The number of furan rings is 1. The van der Waals surface area contributed by atoms with Crippen LogP contribution in [0.2, 0.25) is 0 Å². The second-order valence-electron chi connectivity index (χ2n) is 4.42. The molecule has 2 aliphatic rings. The molecule has 0 atom stereocenters. The minimum Gasteiger partial charge on any atom is -0.462 e. The van der Waals surface area contributed by atoms with Crippen LogP contribution >= 0.6 is 23.1 Å². The van der Waals surface area contributed by atoms with Crippen LogP contribution in [0.15, 0.2) is 56.0 Å². The van der Waals surface area contributed by atoms with Crippen molar-refractivity contribution in [2.75, 3.05) is 0 Å². The van der Waals surface area contributed by atoms with Crippen molar-refractivity contribution in [1.82, 2.24) is 5.01 Å². The largest absolute Gasteiger partial charge is 0.462 e. The van der Waals surface area contributed by atoms with Crippen molar-refractivity contribution in [3.8, 4) is 0 Å². The molecule has 108 valence electrons. The van der Waals surface area contributed by atoms with E-state index >= 15 is 0 Å². The third kappa shape index (κ3) is 2.13. The number of amidine groups is 2. The molecule has 6 nitrogen and oxygen atoms in total. The van der Waals surface area contributed by atoms with E-state index in [1.54, 1.807) is 24.5 Å². The highest BCUT2D eigenvalue weighted by atomic mass is 32.2. The normalized spacial score (nSPS) is 19.5. The predicted molar refractivity (Wildman–Crippen MR) is 87.1 cm³/mol. The Morgan fingerprint density at radius 2 is 2.23 bits per heavy atom. The Bertz CT molecular complexity index is 848. The summed E-state index contributed by atoms with van der Waals surface area (Å²) in [4.78, 5) is 17.1. The standard InChI is InChI=1S/C14H8N4O2S2/c15-11-9(7-8-3-2-6-21-8)12(19)16-14-18(11)17-13(22-14)10-4-1-5-20-10/h1-7,15H. The molecule has 1 amide bonds. The van der Waals surface area contributed by atoms with Gasteiger partial charge in [0.1, 0.15) is 0 Å². The van der Waals surface area contributed by atoms with Crippen molar-refractivity contribution in [3.05, 3.63) is 52.1 Å². The van der Waals surface area contributed by atoms with Crippen LogP contribution in [0.1, 0.15) is 10.6 Å². The maximum atomic E-state index is 12.2. The summed E-state index contributed by atoms with van der Waals surface area (Å²) in [6.45, 7) is 0. The number of nitrogens with one attached hydrogen (secondary N) is 1. The number of rotatable bonds is 2. The van der Waals surface area contributed by atoms with Crippen molar-refractivity contribution < 1.29 is 9.21 Å². The van der Waals surface area contributed by atoms with E-state index in [1.165, 1.54) is 28.1 Å². The van der Waals surface area contributed by atoms with Crippen molar-refractivity contribution in [2.45, 2.75) is 0 Å². The fraction of sp³-hybridized carbons (Fsp3) is 0. The Hall–Kier alpha value is -2.45. The van der Waals surface area contributed by atoms with Gasteiger partial charge in [-0.2, -0.15) is 15.1 Å². The lowest BCUT2D eigenvalue weighted by molar-refractivity contribution is -0.114. The molecule has 8 heteroatoms. The fourth-order valence-electron chi connectivity index (χ4n) is 2.01. The molecule has 2 aromatic heterocycles. The number of thioether (sulfide) groups is 1. The molecule has 0 radical (unpaired) electrons. The zero-order chi connectivity index (χ0) is 15.1. The van der Waals surface area contributed by atoms with Crippen molar-refractivity contribution >= 4 is 51.1 Å². The number of hydrazone groups is 1. The van der Waals surface area contributed by atoms with Gasteiger partial charge >= 0.3 is 0 Å². The van der Waals surface area contributed by atoms with E-state index in [-0.39, 0.29) is 11.4 Å². The number of aliphatic imine (C=N–C) groups is 1. The second kappa shape index (κ2) is 5.08. The van der Waals surface area contributed by atoms with Crippen molar-refractivity contribution in [1.29, 1.82) is 5.41 Å². The molecule has 4 rings (SSSR count). The first-order valence-electron chi connectivity index (χ1n) is 6.30. The lowest BCUT2D eigenvalue weighted by Crippen LogP contribution is -2.35. The van der Waals surface area contributed by atoms with Crippen LogP contribution in [0.4, 0.5) is 0 Å². The number of hydrogen-bond acceptors (Lipinski definition) is 6. The average Bonchev–Trinajstić information content (AvgIpc) is 3.23. The molecule has 22 heavy (non-hydrogen) atoms. The summed E-state index contributed by atoms with van der Waals surface area (Å²) < 4.78 is 5.30. The van der Waals surface area contributed by atoms with E-state index in [9.17, 15) is 4.79 Å². The van der Waals surface area contributed by atoms with E-state index in [0.717, 1.165) is 4.88 Å². The summed E-state index contributed by atoms with van der Waals surface area (Å²) in [6, 6.07) is 7.31. The van der Waals surface area contributed by atoms with Gasteiger partial charge in [0.25, 0.3) is 5.91 Å². The van der Waals surface area contributed by atoms with E-state index < -0.39 is 5.91 Å². The average molecular weight is 328 g/mol. The number of nitrogens with zero attached hydrogens (tertiary/aromatic N) is 3. The molecule has 0 fully saturated rings. The summed E-state index contributed by atoms with van der Waals surface area (Å²) in [5, 5.41) is 16.8. The van der Waals surface area contributed by atoms with Gasteiger partial charge in [-0.05, 0) is 41.4 Å². The highest BCUT2D eigenvalue weighted by Gasteiger charge is 2.36. The van der Waals surface area contributed by atoms with Crippen LogP contribution in [-0.2, 0) is 4.79 Å². The van der Waals surface area contributed by atoms with Crippen LogP contribution in [-0.4, -0.2) is 27.0 Å². The zero-order valence-corrected chi connectivity index (χ0v) is 12.6. The summed E-state index contributed by atoms with van der Waals surface area (Å²) in [5.74, 6) is 0.191. The third-order valence-corrected chi connectivity index (χ3v) is 4.76. The fourth-order valence-corrected chi connectivity index (χ4v) is 3.52. The number of carbonyl (C=O) groups is 1. The maximum Gasteiger partial charge on any atom is 0.283 e. The SMILES string of the molecule is N=C1C(=Cc2cccs2)C(=O)N=C2SC(c3ccco3)=NN12. The van der Waals surface area contributed by atoms with Gasteiger partial charge in [0.2, 0.25) is 5.17 Å². The third-order valence-electron chi connectivity index (χ3n) is 3.02. The van der Waals surface area contributed by atoms with Crippen LogP contribution in [0.3, 0.4) is 0 Å². The minimum absolute atomic E-state index is 0.0254. The van der Waals surface area contributed by atoms with Gasteiger partial charge in [0.05, 0.1) is 11.8 Å². The first kappa shape index (κ1) is 13.2. The summed E-state index contributed by atoms with van der Waals surface area (Å²) >= 11 is 2.71. The first-order valence-corrected chi connectivity index (χ1v) is 7.99. The van der Waals surface area contributed by atoms with Crippen LogP contribution in [0.5, 0.6) is 0 Å². The molecular weight excluding hydrogens is 320 g/mol. The number of amides is 1. The topological polar surface area (TPSA) is 82.0 Å². The van der Waals surface area contributed by atoms with Gasteiger partial charge in [-0.3, -0.25) is 10.2 Å². The number of fused-ring (bicyclic) bond motifs is 1. The van der Waals surface area contributed by atoms with Gasteiger partial charge in [-0.1, -0.05) is 6.07 Å². The molecule has 0 saturated carbocycles. The molecule has 0 unspecified atom stereocenters. The molecular formula is C14H8N4O2S2. The van der Waals surface area contributed by atoms with Crippen molar-refractivity contribution in [3.63, 3.8) is 0 Å². The summed E-state index contributed by atoms with van der Waals surface area (Å²) in [5.41, 5.74) is 0.233. The number of thiophene rings is 1. The van der Waals surface area contributed by atoms with Gasteiger partial charge in [0.15, 0.2) is 16.6 Å². The lowest BCUT2D eigenvalue weighted by atomic mass is 10.1. The quantitative estimate of drug-likeness (QED) is 0.859. The van der Waals surface area contributed by atoms with Gasteiger partial charge in [-0.25, -0.2) is 0 Å². The summed E-state index contributed by atoms with van der Waals surface area (Å²) in [6.07, 6.45) is 3.22. The van der Waals surface area contributed by atoms with E-state index in [4.69, 9.17) is 9.83 Å². The van der Waals surface area contributed by atoms with E-state index in [1.807, 2.05) is 17.5 Å². The Morgan fingerprint density at radius 3 is 2.95 bits per heavy atom. The van der Waals surface area contributed by atoms with E-state index in [2.05, 4.69) is 10.1 Å². The predicted octanol–water partition coefficient (Wildman–Crippen LogP) is 3.01.